The van der Waals surface area contributed by atoms with E-state index < -0.39 is 0 Å². The smallest absolute Gasteiger partial charge is 0.272 e. The highest BCUT2D eigenvalue weighted by Gasteiger charge is 2.10. The molecule has 0 aliphatic heterocycles. The number of thiazole rings is 1. The number of amides is 1. The summed E-state index contributed by atoms with van der Waals surface area (Å²) in [6.07, 6.45) is 1.60. The maximum Gasteiger partial charge on any atom is 0.272 e. The molecule has 0 atom stereocenters. The van der Waals surface area contributed by atoms with Gasteiger partial charge in [-0.1, -0.05) is 47.6 Å². The Morgan fingerprint density at radius 1 is 1.19 bits per heavy atom. The van der Waals surface area contributed by atoms with Crippen LogP contribution in [0.5, 0.6) is 5.75 Å². The Morgan fingerprint density at radius 2 is 2.00 bits per heavy atom. The number of nitrogens with one attached hydrogen (secondary N) is 1. The highest BCUT2D eigenvalue weighted by molar-refractivity contribution is 8.00. The maximum atomic E-state index is 12.2. The van der Waals surface area contributed by atoms with Crippen molar-refractivity contribution in [3.05, 3.63) is 88.4 Å². The average Bonchev–Trinajstić information content (AvgIpc) is 3.21. The van der Waals surface area contributed by atoms with Gasteiger partial charge in [0.1, 0.15) is 5.75 Å². The quantitative estimate of drug-likeness (QED) is 0.205. The summed E-state index contributed by atoms with van der Waals surface area (Å²) in [6, 6.07) is 20.7. The first-order valence-corrected chi connectivity index (χ1v) is 11.6. The zero-order chi connectivity index (χ0) is 21.6. The maximum absolute atomic E-state index is 12.2. The number of carbonyl (C=O) groups excluding carboxylic acids is 1. The highest BCUT2D eigenvalue weighted by atomic mass is 35.5. The lowest BCUT2D eigenvalue weighted by atomic mass is 10.1. The van der Waals surface area contributed by atoms with Crippen molar-refractivity contribution in [1.82, 2.24) is 10.4 Å². The van der Waals surface area contributed by atoms with Gasteiger partial charge in [0.25, 0.3) is 5.91 Å². The number of para-hydroxylation sites is 1. The van der Waals surface area contributed by atoms with Gasteiger partial charge in [-0.3, -0.25) is 4.79 Å². The number of fused-ring (bicyclic) bond motifs is 1. The number of aromatic nitrogens is 1. The van der Waals surface area contributed by atoms with Gasteiger partial charge in [-0.05, 0) is 48.0 Å². The minimum absolute atomic E-state index is 0.359. The van der Waals surface area contributed by atoms with Crippen molar-refractivity contribution in [1.29, 1.82) is 0 Å². The Hall–Kier alpha value is -2.87. The zero-order valence-corrected chi connectivity index (χ0v) is 18.9. The van der Waals surface area contributed by atoms with Crippen molar-refractivity contribution in [2.45, 2.75) is 10.1 Å². The molecule has 0 fully saturated rings. The third-order valence-corrected chi connectivity index (χ3v) is 6.99. The lowest BCUT2D eigenvalue weighted by Gasteiger charge is -2.08. The van der Waals surface area contributed by atoms with E-state index in [1.54, 1.807) is 60.7 Å². The number of halogens is 1. The molecule has 0 radical (unpaired) electrons. The Bertz CT molecular complexity index is 1220. The van der Waals surface area contributed by atoms with Crippen LogP contribution >= 0.6 is 34.7 Å². The number of nitrogens with zero attached hydrogens (tertiary/aromatic N) is 2. The van der Waals surface area contributed by atoms with Crippen molar-refractivity contribution in [3.8, 4) is 5.75 Å². The lowest BCUT2D eigenvalue weighted by molar-refractivity contribution is 0.0955. The Balaban J connectivity index is 1.44. The molecule has 156 valence electrons. The van der Waals surface area contributed by atoms with Gasteiger partial charge in [-0.25, -0.2) is 10.4 Å². The van der Waals surface area contributed by atoms with Crippen LogP contribution in [0.1, 0.15) is 21.5 Å². The molecule has 1 heterocycles. The van der Waals surface area contributed by atoms with Crippen LogP contribution in [0.3, 0.4) is 0 Å². The summed E-state index contributed by atoms with van der Waals surface area (Å²) in [5.74, 6) is 1.14. The number of methoxy groups -OCH3 is 1. The van der Waals surface area contributed by atoms with Crippen molar-refractivity contribution in [2.75, 3.05) is 7.11 Å². The zero-order valence-electron chi connectivity index (χ0n) is 16.5. The number of thioether (sulfide) groups is 1. The van der Waals surface area contributed by atoms with Crippen LogP contribution in [0.25, 0.3) is 10.2 Å². The third-order valence-electron chi connectivity index (χ3n) is 4.43. The molecule has 0 unspecified atom stereocenters. The first-order chi connectivity index (χ1) is 15.1. The van der Waals surface area contributed by atoms with Crippen LogP contribution < -0.4 is 10.2 Å². The lowest BCUT2D eigenvalue weighted by Crippen LogP contribution is -2.17. The van der Waals surface area contributed by atoms with Crippen LogP contribution in [0.2, 0.25) is 5.02 Å². The van der Waals surface area contributed by atoms with Gasteiger partial charge < -0.3 is 4.74 Å². The third kappa shape index (κ3) is 5.25. The second-order valence-corrected chi connectivity index (χ2v) is 9.15. The number of ether oxygens (including phenoxy) is 1. The van der Waals surface area contributed by atoms with E-state index in [2.05, 4.69) is 21.6 Å². The Morgan fingerprint density at radius 3 is 2.81 bits per heavy atom. The summed E-state index contributed by atoms with van der Waals surface area (Å²) in [7, 11) is 1.65. The van der Waals surface area contributed by atoms with E-state index in [0.717, 1.165) is 26.7 Å². The second kappa shape index (κ2) is 9.96. The molecule has 0 aliphatic carbocycles. The van der Waals surface area contributed by atoms with E-state index in [4.69, 9.17) is 16.3 Å². The van der Waals surface area contributed by atoms with Crippen LogP contribution in [0, 0.1) is 0 Å². The fraction of sp³-hybridized carbons (Fsp3) is 0.0870. The number of carbonyl (C=O) groups is 1. The molecule has 8 heteroatoms. The molecule has 3 aromatic carbocycles. The van der Waals surface area contributed by atoms with Crippen molar-refractivity contribution in [3.63, 3.8) is 0 Å². The SMILES string of the molecule is COc1ccc(C=NNC(=O)c2ccccc2Cl)cc1CSc1nc2ccccc2s1. The molecule has 4 rings (SSSR count). The highest BCUT2D eigenvalue weighted by Crippen LogP contribution is 2.33. The van der Waals surface area contributed by atoms with Crippen LogP contribution in [-0.2, 0) is 5.75 Å². The van der Waals surface area contributed by atoms with E-state index in [0.29, 0.717) is 16.3 Å². The molecule has 0 spiro atoms. The second-order valence-electron chi connectivity index (χ2n) is 6.49. The fourth-order valence-corrected chi connectivity index (χ4v) is 5.18. The number of benzene rings is 3. The summed E-state index contributed by atoms with van der Waals surface area (Å²) in [6.45, 7) is 0. The summed E-state index contributed by atoms with van der Waals surface area (Å²) >= 11 is 9.39. The largest absolute Gasteiger partial charge is 0.496 e. The molecule has 0 saturated heterocycles. The Labute approximate surface area is 193 Å². The minimum atomic E-state index is -0.359. The predicted octanol–water partition coefficient (Wildman–Crippen LogP) is 6.01. The van der Waals surface area contributed by atoms with E-state index >= 15 is 0 Å². The van der Waals surface area contributed by atoms with Gasteiger partial charge in [0.05, 0.1) is 34.1 Å². The molecule has 1 aromatic heterocycles. The Kier molecular flexibility index (Phi) is 6.86. The summed E-state index contributed by atoms with van der Waals surface area (Å²) < 4.78 is 7.68. The monoisotopic (exact) mass is 467 g/mol. The predicted molar refractivity (Wildman–Crippen MR) is 129 cm³/mol. The summed E-state index contributed by atoms with van der Waals surface area (Å²) in [5, 5.41) is 4.44. The fourth-order valence-electron chi connectivity index (χ4n) is 2.91. The van der Waals surface area contributed by atoms with Crippen LogP contribution in [-0.4, -0.2) is 24.2 Å². The van der Waals surface area contributed by atoms with Gasteiger partial charge in [-0.2, -0.15) is 5.10 Å². The minimum Gasteiger partial charge on any atom is -0.496 e. The number of hydrazone groups is 1. The molecular weight excluding hydrogens is 450 g/mol. The van der Waals surface area contributed by atoms with E-state index in [9.17, 15) is 4.79 Å². The number of rotatable bonds is 7. The number of hydrogen-bond donors (Lipinski definition) is 1. The van der Waals surface area contributed by atoms with E-state index in [1.807, 2.05) is 36.4 Å². The standard InChI is InChI=1S/C23H18ClN3O2S2/c1-29-20-11-10-15(13-25-27-22(28)17-6-2-3-7-18(17)24)12-16(20)14-30-23-26-19-8-4-5-9-21(19)31-23/h2-13H,14H2,1H3,(H,27,28). The molecule has 5 nitrogen and oxygen atoms in total. The topological polar surface area (TPSA) is 63.6 Å². The molecule has 4 aromatic rings. The molecule has 1 amide bonds. The molecular formula is C23H18ClN3O2S2. The number of hydrogen-bond acceptors (Lipinski definition) is 6. The molecule has 0 aliphatic rings. The molecule has 0 bridgehead atoms. The van der Waals surface area contributed by atoms with Gasteiger partial charge in [0, 0.05) is 11.3 Å². The van der Waals surface area contributed by atoms with Crippen molar-refractivity contribution < 1.29 is 9.53 Å². The van der Waals surface area contributed by atoms with Crippen LogP contribution in [0.15, 0.2) is 76.2 Å². The van der Waals surface area contributed by atoms with Gasteiger partial charge in [0.2, 0.25) is 0 Å². The van der Waals surface area contributed by atoms with Crippen LogP contribution in [0.4, 0.5) is 0 Å². The van der Waals surface area contributed by atoms with Gasteiger partial charge in [0.15, 0.2) is 4.34 Å². The molecule has 0 saturated carbocycles. The first-order valence-electron chi connectivity index (χ1n) is 9.37. The molecule has 1 N–H and O–H groups in total. The van der Waals surface area contributed by atoms with Gasteiger partial charge in [-0.15, -0.1) is 11.3 Å². The summed E-state index contributed by atoms with van der Waals surface area (Å²) in [4.78, 5) is 16.9. The first kappa shape index (κ1) is 21.4. The van der Waals surface area contributed by atoms with Crippen molar-refractivity contribution >= 4 is 57.0 Å². The average molecular weight is 468 g/mol. The molecule has 31 heavy (non-hydrogen) atoms. The normalized spacial score (nSPS) is 11.2. The van der Waals surface area contributed by atoms with Gasteiger partial charge >= 0.3 is 0 Å². The summed E-state index contributed by atoms with van der Waals surface area (Å²) in [5.41, 5.74) is 5.77. The van der Waals surface area contributed by atoms with Crippen molar-refractivity contribution in [2.24, 2.45) is 5.10 Å². The van der Waals surface area contributed by atoms with E-state index in [1.165, 1.54) is 4.70 Å². The van der Waals surface area contributed by atoms with E-state index in [-0.39, 0.29) is 5.91 Å².